The average Bonchev–Trinajstić information content (AvgIpc) is 3.04. The summed E-state index contributed by atoms with van der Waals surface area (Å²) in [5.41, 5.74) is 4.54. The summed E-state index contributed by atoms with van der Waals surface area (Å²) < 4.78 is 27.6. The number of sulfonamides is 1. The van der Waals surface area contributed by atoms with Gasteiger partial charge in [-0.2, -0.15) is 0 Å². The van der Waals surface area contributed by atoms with Gasteiger partial charge in [0.1, 0.15) is 0 Å². The van der Waals surface area contributed by atoms with Crippen molar-refractivity contribution in [2.45, 2.75) is 31.6 Å². The van der Waals surface area contributed by atoms with Gasteiger partial charge in [0, 0.05) is 50.2 Å². The predicted molar refractivity (Wildman–Crippen MR) is 132 cm³/mol. The van der Waals surface area contributed by atoms with Gasteiger partial charge in [-0.25, -0.2) is 8.42 Å². The molecule has 5 rings (SSSR count). The third-order valence-electron chi connectivity index (χ3n) is 6.98. The molecule has 2 heterocycles. The van der Waals surface area contributed by atoms with Gasteiger partial charge in [0.15, 0.2) is 0 Å². The van der Waals surface area contributed by atoms with Crippen LogP contribution in [-0.2, 0) is 14.8 Å². The molecular weight excluding hydrogens is 434 g/mol. The van der Waals surface area contributed by atoms with Crippen LogP contribution in [0, 0.1) is 13.8 Å². The number of hydrogen-bond acceptors (Lipinski definition) is 4. The normalized spacial score (nSPS) is 17.1. The third kappa shape index (κ3) is 3.74. The molecule has 0 saturated carbocycles. The van der Waals surface area contributed by atoms with Gasteiger partial charge >= 0.3 is 0 Å². The zero-order chi connectivity index (χ0) is 23.2. The minimum absolute atomic E-state index is 0.0999. The first-order chi connectivity index (χ1) is 15.9. The van der Waals surface area contributed by atoms with E-state index in [1.165, 1.54) is 21.1 Å². The number of rotatable bonds is 5. The Hall–Kier alpha value is -3.06. The van der Waals surface area contributed by atoms with E-state index in [2.05, 4.69) is 36.9 Å². The van der Waals surface area contributed by atoms with E-state index in [-0.39, 0.29) is 5.91 Å². The van der Waals surface area contributed by atoms with Crippen LogP contribution >= 0.6 is 0 Å². The van der Waals surface area contributed by atoms with Crippen LogP contribution in [-0.4, -0.2) is 51.9 Å². The molecule has 1 saturated heterocycles. The summed E-state index contributed by atoms with van der Waals surface area (Å²) in [5, 5.41) is 1.71. The second kappa shape index (κ2) is 8.37. The number of anilines is 2. The van der Waals surface area contributed by atoms with Crippen molar-refractivity contribution in [2.24, 2.45) is 0 Å². The monoisotopic (exact) mass is 463 g/mol. The summed E-state index contributed by atoms with van der Waals surface area (Å²) >= 11 is 0. The molecular formula is C26H29N3O3S. The maximum atomic E-state index is 13.1. The van der Waals surface area contributed by atoms with Gasteiger partial charge in [-0.05, 0) is 55.0 Å². The highest BCUT2D eigenvalue weighted by Gasteiger charge is 2.35. The number of amides is 1. The Labute approximate surface area is 195 Å². The van der Waals surface area contributed by atoms with Crippen LogP contribution in [0.2, 0.25) is 0 Å². The molecule has 33 heavy (non-hydrogen) atoms. The maximum absolute atomic E-state index is 13.1. The van der Waals surface area contributed by atoms with Crippen molar-refractivity contribution in [1.82, 2.24) is 4.90 Å². The van der Waals surface area contributed by atoms with Gasteiger partial charge < -0.3 is 9.80 Å². The fourth-order valence-corrected chi connectivity index (χ4v) is 6.75. The summed E-state index contributed by atoms with van der Waals surface area (Å²) in [6.07, 6.45) is 0.849. The van der Waals surface area contributed by atoms with E-state index in [0.717, 1.165) is 29.5 Å². The summed E-state index contributed by atoms with van der Waals surface area (Å²) in [6, 6.07) is 17.4. The van der Waals surface area contributed by atoms with Crippen molar-refractivity contribution in [3.63, 3.8) is 0 Å². The largest absolute Gasteiger partial charge is 0.368 e. The number of carbonyl (C=O) groups is 1. The first kappa shape index (κ1) is 21.8. The SMILES string of the molecule is Cc1cccc(N2CCN(C(=O)CCCN3c4cccc5cccc(c45)S3(=O)=O)CC2)c1C. The van der Waals surface area contributed by atoms with Crippen molar-refractivity contribution in [2.75, 3.05) is 41.9 Å². The quantitative estimate of drug-likeness (QED) is 0.572. The third-order valence-corrected chi connectivity index (χ3v) is 8.84. The highest BCUT2D eigenvalue weighted by molar-refractivity contribution is 7.93. The second-order valence-corrected chi connectivity index (χ2v) is 10.7. The Morgan fingerprint density at radius 3 is 2.30 bits per heavy atom. The topological polar surface area (TPSA) is 60.9 Å². The Morgan fingerprint density at radius 1 is 0.879 bits per heavy atom. The minimum Gasteiger partial charge on any atom is -0.368 e. The molecule has 0 spiro atoms. The molecule has 0 unspecified atom stereocenters. The number of nitrogens with zero attached hydrogens (tertiary/aromatic N) is 3. The van der Waals surface area contributed by atoms with Gasteiger partial charge in [-0.1, -0.05) is 36.4 Å². The molecule has 0 atom stereocenters. The lowest BCUT2D eigenvalue weighted by atomic mass is 10.1. The lowest BCUT2D eigenvalue weighted by Gasteiger charge is -2.37. The van der Waals surface area contributed by atoms with E-state index in [9.17, 15) is 13.2 Å². The van der Waals surface area contributed by atoms with E-state index in [1.54, 1.807) is 12.1 Å². The maximum Gasteiger partial charge on any atom is 0.265 e. The van der Waals surface area contributed by atoms with Crippen molar-refractivity contribution >= 4 is 38.1 Å². The molecule has 0 radical (unpaired) electrons. The predicted octanol–water partition coefficient (Wildman–Crippen LogP) is 4.09. The smallest absolute Gasteiger partial charge is 0.265 e. The Bertz CT molecular complexity index is 1320. The van der Waals surface area contributed by atoms with Gasteiger partial charge in [0.25, 0.3) is 10.0 Å². The number of piperazine rings is 1. The molecule has 172 valence electrons. The van der Waals surface area contributed by atoms with Crippen LogP contribution in [0.4, 0.5) is 11.4 Å². The zero-order valence-electron chi connectivity index (χ0n) is 19.1. The van der Waals surface area contributed by atoms with Gasteiger partial charge in [0.2, 0.25) is 5.91 Å². The molecule has 6 nitrogen and oxygen atoms in total. The highest BCUT2D eigenvalue weighted by atomic mass is 32.2. The minimum atomic E-state index is -3.57. The Balaban J connectivity index is 1.19. The van der Waals surface area contributed by atoms with Crippen molar-refractivity contribution in [3.05, 3.63) is 65.7 Å². The van der Waals surface area contributed by atoms with Crippen LogP contribution in [0.25, 0.3) is 10.8 Å². The van der Waals surface area contributed by atoms with Gasteiger partial charge in [0.05, 0.1) is 10.6 Å². The van der Waals surface area contributed by atoms with Crippen LogP contribution in [0.5, 0.6) is 0 Å². The summed E-state index contributed by atoms with van der Waals surface area (Å²) in [6.45, 7) is 7.59. The summed E-state index contributed by atoms with van der Waals surface area (Å²) in [5.74, 6) is 0.0999. The number of hydrogen-bond donors (Lipinski definition) is 0. The Kier molecular flexibility index (Phi) is 5.52. The van der Waals surface area contributed by atoms with Crippen molar-refractivity contribution < 1.29 is 13.2 Å². The second-order valence-electron chi connectivity index (χ2n) is 8.90. The molecule has 1 amide bonds. The molecule has 0 aliphatic carbocycles. The molecule has 7 heteroatoms. The Morgan fingerprint density at radius 2 is 1.55 bits per heavy atom. The fourth-order valence-electron chi connectivity index (χ4n) is 5.01. The molecule has 0 aromatic heterocycles. The standard InChI is InChI=1S/C26H29N3O3S/c1-19-7-3-10-22(20(19)2)27-15-17-28(18-16-27)25(30)13-6-14-29-23-11-4-8-21-9-5-12-24(26(21)23)33(29,31)32/h3-5,7-12H,6,13-18H2,1-2H3. The molecule has 0 bridgehead atoms. The van der Waals surface area contributed by atoms with E-state index in [1.807, 2.05) is 29.2 Å². The zero-order valence-corrected chi connectivity index (χ0v) is 19.9. The number of benzene rings is 3. The lowest BCUT2D eigenvalue weighted by molar-refractivity contribution is -0.131. The fraction of sp³-hybridized carbons (Fsp3) is 0.346. The van der Waals surface area contributed by atoms with Crippen LogP contribution in [0.3, 0.4) is 0 Å². The van der Waals surface area contributed by atoms with E-state index in [4.69, 9.17) is 0 Å². The van der Waals surface area contributed by atoms with E-state index >= 15 is 0 Å². The van der Waals surface area contributed by atoms with Crippen LogP contribution in [0.15, 0.2) is 59.5 Å². The lowest BCUT2D eigenvalue weighted by Crippen LogP contribution is -2.49. The van der Waals surface area contributed by atoms with E-state index < -0.39 is 10.0 Å². The highest BCUT2D eigenvalue weighted by Crippen LogP contribution is 2.42. The summed E-state index contributed by atoms with van der Waals surface area (Å²) in [7, 11) is -3.57. The molecule has 2 aliphatic heterocycles. The van der Waals surface area contributed by atoms with Crippen LogP contribution < -0.4 is 9.21 Å². The molecule has 3 aromatic carbocycles. The number of carbonyl (C=O) groups excluding carboxylic acids is 1. The first-order valence-electron chi connectivity index (χ1n) is 11.5. The first-order valence-corrected chi connectivity index (χ1v) is 13.0. The number of aryl methyl sites for hydroxylation is 1. The van der Waals surface area contributed by atoms with Crippen LogP contribution in [0.1, 0.15) is 24.0 Å². The summed E-state index contributed by atoms with van der Waals surface area (Å²) in [4.78, 5) is 17.5. The molecule has 0 N–H and O–H groups in total. The van der Waals surface area contributed by atoms with E-state index in [0.29, 0.717) is 37.4 Å². The molecule has 1 fully saturated rings. The van der Waals surface area contributed by atoms with Crippen molar-refractivity contribution in [1.29, 1.82) is 0 Å². The van der Waals surface area contributed by atoms with Crippen molar-refractivity contribution in [3.8, 4) is 0 Å². The average molecular weight is 464 g/mol. The molecule has 2 aliphatic rings. The molecule has 3 aromatic rings. The van der Waals surface area contributed by atoms with Gasteiger partial charge in [-0.15, -0.1) is 0 Å². The van der Waals surface area contributed by atoms with Gasteiger partial charge in [-0.3, -0.25) is 9.10 Å².